The molecule has 0 aliphatic carbocycles. The average molecular weight is 614 g/mol. The summed E-state index contributed by atoms with van der Waals surface area (Å²) < 4.78 is 53.5. The zero-order chi connectivity index (χ0) is 31.6. The van der Waals surface area contributed by atoms with Gasteiger partial charge in [0.05, 0.1) is 24.8 Å². The molecule has 1 atom stereocenters. The number of hydrogen-bond donors (Lipinski definition) is 1. The number of nitrogens with zero attached hydrogens (tertiary/aromatic N) is 2. The second-order valence-corrected chi connectivity index (χ2v) is 11.9. The minimum atomic E-state index is -4.37. The van der Waals surface area contributed by atoms with Crippen LogP contribution in [0.2, 0.25) is 0 Å². The smallest absolute Gasteiger partial charge is 0.264 e. The van der Waals surface area contributed by atoms with Crippen LogP contribution in [0, 0.1) is 12.7 Å². The number of halogens is 1. The zero-order valence-corrected chi connectivity index (χ0v) is 26.1. The molecule has 0 bridgehead atoms. The Morgan fingerprint density at radius 1 is 0.930 bits per heavy atom. The van der Waals surface area contributed by atoms with Crippen molar-refractivity contribution in [3.05, 3.63) is 83.7 Å². The number of benzene rings is 3. The highest BCUT2D eigenvalue weighted by molar-refractivity contribution is 7.92. The number of unbranched alkanes of at least 4 members (excludes halogenated alkanes) is 1. The molecule has 9 nitrogen and oxygen atoms in total. The Kier molecular flexibility index (Phi) is 11.9. The molecule has 1 unspecified atom stereocenters. The molecule has 0 fully saturated rings. The second-order valence-electron chi connectivity index (χ2n) is 10.1. The molecule has 0 spiro atoms. The van der Waals surface area contributed by atoms with E-state index in [9.17, 15) is 22.4 Å². The van der Waals surface area contributed by atoms with Gasteiger partial charge in [0.15, 0.2) is 11.5 Å². The largest absolute Gasteiger partial charge is 0.493 e. The van der Waals surface area contributed by atoms with Crippen LogP contribution in [0.5, 0.6) is 11.5 Å². The van der Waals surface area contributed by atoms with E-state index >= 15 is 0 Å². The van der Waals surface area contributed by atoms with Crippen LogP contribution in [0.15, 0.2) is 71.6 Å². The monoisotopic (exact) mass is 613 g/mol. The third-order valence-electron chi connectivity index (χ3n) is 7.03. The van der Waals surface area contributed by atoms with E-state index in [0.29, 0.717) is 18.7 Å². The third kappa shape index (κ3) is 8.47. The van der Waals surface area contributed by atoms with Gasteiger partial charge in [0, 0.05) is 19.2 Å². The first-order chi connectivity index (χ1) is 20.5. The summed E-state index contributed by atoms with van der Waals surface area (Å²) in [5, 5.41) is 2.90. The van der Waals surface area contributed by atoms with Crippen molar-refractivity contribution in [1.29, 1.82) is 0 Å². The highest BCUT2D eigenvalue weighted by atomic mass is 32.2. The van der Waals surface area contributed by atoms with Crippen LogP contribution >= 0.6 is 0 Å². The number of amides is 2. The summed E-state index contributed by atoms with van der Waals surface area (Å²) in [5.41, 5.74) is 1.91. The Morgan fingerprint density at radius 3 is 2.16 bits per heavy atom. The van der Waals surface area contributed by atoms with E-state index in [1.807, 2.05) is 38.1 Å². The lowest BCUT2D eigenvalue weighted by Crippen LogP contribution is -2.52. The molecule has 2 amide bonds. The predicted molar refractivity (Wildman–Crippen MR) is 164 cm³/mol. The van der Waals surface area contributed by atoms with Gasteiger partial charge in [-0.2, -0.15) is 0 Å². The first kappa shape index (κ1) is 33.4. The number of methoxy groups -OCH3 is 2. The first-order valence-corrected chi connectivity index (χ1v) is 15.6. The maximum absolute atomic E-state index is 14.1. The number of carbonyl (C=O) groups excluding carboxylic acids is 2. The van der Waals surface area contributed by atoms with Gasteiger partial charge in [0.1, 0.15) is 18.4 Å². The van der Waals surface area contributed by atoms with E-state index < -0.39 is 34.3 Å². The molecule has 43 heavy (non-hydrogen) atoms. The Labute approximate surface area is 253 Å². The van der Waals surface area contributed by atoms with Gasteiger partial charge in [-0.3, -0.25) is 13.9 Å². The van der Waals surface area contributed by atoms with Gasteiger partial charge in [0.25, 0.3) is 10.0 Å². The van der Waals surface area contributed by atoms with Gasteiger partial charge < -0.3 is 19.7 Å². The van der Waals surface area contributed by atoms with E-state index in [4.69, 9.17) is 9.47 Å². The van der Waals surface area contributed by atoms with Crippen LogP contribution in [-0.4, -0.2) is 58.5 Å². The number of carbonyl (C=O) groups is 2. The normalized spacial score (nSPS) is 11.9. The summed E-state index contributed by atoms with van der Waals surface area (Å²) >= 11 is 0. The van der Waals surface area contributed by atoms with Crippen LogP contribution in [0.1, 0.15) is 44.2 Å². The van der Waals surface area contributed by atoms with E-state index in [-0.39, 0.29) is 28.8 Å². The lowest BCUT2D eigenvalue weighted by atomic mass is 10.1. The first-order valence-electron chi connectivity index (χ1n) is 14.2. The predicted octanol–water partition coefficient (Wildman–Crippen LogP) is 5.07. The van der Waals surface area contributed by atoms with E-state index in [2.05, 4.69) is 5.32 Å². The molecular formula is C32H40FN3O6S. The molecule has 0 heterocycles. The maximum atomic E-state index is 14.1. The van der Waals surface area contributed by atoms with Crippen molar-refractivity contribution in [2.45, 2.75) is 57.5 Å². The van der Waals surface area contributed by atoms with Crippen molar-refractivity contribution < 1.29 is 31.9 Å². The fraction of sp³-hybridized carbons (Fsp3) is 0.375. The fourth-order valence-corrected chi connectivity index (χ4v) is 5.99. The summed E-state index contributed by atoms with van der Waals surface area (Å²) in [4.78, 5) is 28.7. The quantitative estimate of drug-likeness (QED) is 0.240. The molecule has 0 radical (unpaired) electrons. The molecule has 3 aromatic rings. The third-order valence-corrected chi connectivity index (χ3v) is 8.80. The zero-order valence-electron chi connectivity index (χ0n) is 25.3. The van der Waals surface area contributed by atoms with Gasteiger partial charge in [-0.05, 0) is 61.7 Å². The number of sulfonamides is 1. The number of rotatable bonds is 15. The van der Waals surface area contributed by atoms with Crippen LogP contribution < -0.4 is 19.1 Å². The van der Waals surface area contributed by atoms with Crippen LogP contribution in [-0.2, 0) is 26.2 Å². The van der Waals surface area contributed by atoms with E-state index in [1.165, 1.54) is 49.5 Å². The minimum absolute atomic E-state index is 0.0836. The Hall–Kier alpha value is -4.12. The maximum Gasteiger partial charge on any atom is 0.264 e. The molecule has 0 aliphatic rings. The topological polar surface area (TPSA) is 105 Å². The molecule has 0 aliphatic heterocycles. The van der Waals surface area contributed by atoms with Gasteiger partial charge in [-0.15, -0.1) is 0 Å². The van der Waals surface area contributed by atoms with Crippen LogP contribution in [0.3, 0.4) is 0 Å². The summed E-state index contributed by atoms with van der Waals surface area (Å²) in [5.74, 6) is -0.951. The van der Waals surface area contributed by atoms with E-state index in [1.54, 1.807) is 6.92 Å². The lowest BCUT2D eigenvalue weighted by Gasteiger charge is -2.33. The van der Waals surface area contributed by atoms with E-state index in [0.717, 1.165) is 40.4 Å². The summed E-state index contributed by atoms with van der Waals surface area (Å²) in [6.45, 7) is 5.69. The molecule has 11 heteroatoms. The van der Waals surface area contributed by atoms with Crippen molar-refractivity contribution in [2.24, 2.45) is 0 Å². The Bertz CT molecular complexity index is 1480. The standard InChI is InChI=1S/C32H40FN3O6S/c1-6-8-19-34-32(38)28(7-2)35(21-24-11-9-23(3)10-12-24)31(37)22-36(26-15-13-25(33)14-16-26)43(39,40)27-17-18-29(41-4)30(20-27)42-5/h9-18,20,28H,6-8,19,21-22H2,1-5H3,(H,34,38). The Morgan fingerprint density at radius 2 is 1.58 bits per heavy atom. The van der Waals surface area contributed by atoms with Gasteiger partial charge in [-0.1, -0.05) is 50.1 Å². The molecule has 0 aromatic heterocycles. The molecule has 0 saturated heterocycles. The number of aryl methyl sites for hydroxylation is 1. The second kappa shape index (κ2) is 15.4. The molecule has 3 aromatic carbocycles. The van der Waals surface area contributed by atoms with Crippen molar-refractivity contribution in [3.63, 3.8) is 0 Å². The van der Waals surface area contributed by atoms with Gasteiger partial charge in [-0.25, -0.2) is 12.8 Å². The fourth-order valence-electron chi connectivity index (χ4n) is 4.56. The lowest BCUT2D eigenvalue weighted by molar-refractivity contribution is -0.140. The number of anilines is 1. The summed E-state index contributed by atoms with van der Waals surface area (Å²) in [7, 11) is -1.56. The molecular weight excluding hydrogens is 573 g/mol. The summed E-state index contributed by atoms with van der Waals surface area (Å²) in [6.07, 6.45) is 1.99. The van der Waals surface area contributed by atoms with Crippen LogP contribution in [0.25, 0.3) is 0 Å². The van der Waals surface area contributed by atoms with Crippen molar-refractivity contribution >= 4 is 27.5 Å². The molecule has 3 rings (SSSR count). The minimum Gasteiger partial charge on any atom is -0.493 e. The van der Waals surface area contributed by atoms with Gasteiger partial charge in [0.2, 0.25) is 11.8 Å². The molecule has 1 N–H and O–H groups in total. The Balaban J connectivity index is 2.06. The van der Waals surface area contributed by atoms with Crippen molar-refractivity contribution in [1.82, 2.24) is 10.2 Å². The SMILES string of the molecule is CCCCNC(=O)C(CC)N(Cc1ccc(C)cc1)C(=O)CN(c1ccc(F)cc1)S(=O)(=O)c1ccc(OC)c(OC)c1. The number of nitrogens with one attached hydrogen (secondary N) is 1. The van der Waals surface area contributed by atoms with Gasteiger partial charge >= 0.3 is 0 Å². The van der Waals surface area contributed by atoms with Crippen molar-refractivity contribution in [3.8, 4) is 11.5 Å². The number of hydrogen-bond acceptors (Lipinski definition) is 6. The average Bonchev–Trinajstić information content (AvgIpc) is 3.00. The highest BCUT2D eigenvalue weighted by Crippen LogP contribution is 2.32. The molecule has 0 saturated carbocycles. The van der Waals surface area contributed by atoms with Crippen molar-refractivity contribution in [2.75, 3.05) is 31.6 Å². The number of ether oxygens (including phenoxy) is 2. The summed E-state index contributed by atoms with van der Waals surface area (Å²) in [6, 6.07) is 15.6. The highest BCUT2D eigenvalue weighted by Gasteiger charge is 2.34. The van der Waals surface area contributed by atoms with Crippen LogP contribution in [0.4, 0.5) is 10.1 Å². The molecule has 232 valence electrons.